The SMILES string of the molecule is Cc1nc(CC(=O)NCc2csc(-c3cnccn3)n2)cs1. The average molecular weight is 331 g/mol. The van der Waals surface area contributed by atoms with Crippen molar-refractivity contribution in [1.82, 2.24) is 25.3 Å². The smallest absolute Gasteiger partial charge is 0.226 e. The fourth-order valence-corrected chi connectivity index (χ4v) is 3.21. The van der Waals surface area contributed by atoms with Crippen LogP contribution in [0.2, 0.25) is 0 Å². The van der Waals surface area contributed by atoms with Crippen LogP contribution in [0.1, 0.15) is 16.4 Å². The first-order chi connectivity index (χ1) is 10.7. The number of aromatic nitrogens is 4. The Balaban J connectivity index is 1.56. The summed E-state index contributed by atoms with van der Waals surface area (Å²) in [5.41, 5.74) is 2.36. The first-order valence-electron chi connectivity index (χ1n) is 6.59. The molecule has 3 rings (SSSR count). The molecule has 0 saturated heterocycles. The van der Waals surface area contributed by atoms with Crippen LogP contribution >= 0.6 is 22.7 Å². The van der Waals surface area contributed by atoms with E-state index in [9.17, 15) is 4.79 Å². The summed E-state index contributed by atoms with van der Waals surface area (Å²) in [5, 5.41) is 8.44. The standard InChI is InChI=1S/C14H13N5OS2/c1-9-18-10(7-21-9)4-13(20)17-5-11-8-22-14(19-11)12-6-15-2-3-16-12/h2-3,6-8H,4-5H2,1H3,(H,17,20). The van der Waals surface area contributed by atoms with Crippen molar-refractivity contribution in [3.63, 3.8) is 0 Å². The van der Waals surface area contributed by atoms with E-state index >= 15 is 0 Å². The Morgan fingerprint density at radius 1 is 1.18 bits per heavy atom. The molecule has 112 valence electrons. The number of hydrogen-bond donors (Lipinski definition) is 1. The zero-order valence-electron chi connectivity index (χ0n) is 11.8. The summed E-state index contributed by atoms with van der Waals surface area (Å²) >= 11 is 3.03. The van der Waals surface area contributed by atoms with Gasteiger partial charge in [0.15, 0.2) is 0 Å². The van der Waals surface area contributed by atoms with Gasteiger partial charge in [-0.3, -0.25) is 14.8 Å². The van der Waals surface area contributed by atoms with E-state index in [4.69, 9.17) is 0 Å². The third kappa shape index (κ3) is 3.71. The molecule has 22 heavy (non-hydrogen) atoms. The first-order valence-corrected chi connectivity index (χ1v) is 8.35. The van der Waals surface area contributed by atoms with Crippen LogP contribution in [-0.2, 0) is 17.8 Å². The lowest BCUT2D eigenvalue weighted by Crippen LogP contribution is -2.24. The van der Waals surface area contributed by atoms with Crippen molar-refractivity contribution in [2.45, 2.75) is 19.9 Å². The summed E-state index contributed by atoms with van der Waals surface area (Å²) in [6.45, 7) is 2.33. The van der Waals surface area contributed by atoms with Gasteiger partial charge in [0.05, 0.1) is 35.6 Å². The minimum atomic E-state index is -0.0562. The molecule has 0 radical (unpaired) electrons. The van der Waals surface area contributed by atoms with Crippen LogP contribution in [-0.4, -0.2) is 25.8 Å². The highest BCUT2D eigenvalue weighted by Crippen LogP contribution is 2.20. The van der Waals surface area contributed by atoms with Crippen LogP contribution in [0.25, 0.3) is 10.7 Å². The van der Waals surface area contributed by atoms with Gasteiger partial charge in [-0.25, -0.2) is 9.97 Å². The van der Waals surface area contributed by atoms with Crippen molar-refractivity contribution in [1.29, 1.82) is 0 Å². The Labute approximate surface area is 135 Å². The summed E-state index contributed by atoms with van der Waals surface area (Å²) in [6, 6.07) is 0. The molecule has 0 unspecified atom stereocenters. The number of amides is 1. The molecular formula is C14H13N5OS2. The van der Waals surface area contributed by atoms with E-state index in [0.29, 0.717) is 13.0 Å². The maximum absolute atomic E-state index is 11.9. The molecule has 0 fully saturated rings. The van der Waals surface area contributed by atoms with E-state index in [1.54, 1.807) is 29.9 Å². The summed E-state index contributed by atoms with van der Waals surface area (Å²) in [4.78, 5) is 28.8. The first kappa shape index (κ1) is 14.7. The number of rotatable bonds is 5. The molecule has 0 spiro atoms. The predicted octanol–water partition coefficient (Wildman–Crippen LogP) is 2.22. The molecule has 0 bridgehead atoms. The Morgan fingerprint density at radius 3 is 2.77 bits per heavy atom. The Hall–Kier alpha value is -2.19. The number of hydrogen-bond acceptors (Lipinski definition) is 7. The highest BCUT2D eigenvalue weighted by atomic mass is 32.1. The van der Waals surface area contributed by atoms with E-state index in [1.807, 2.05) is 17.7 Å². The van der Waals surface area contributed by atoms with Gasteiger partial charge >= 0.3 is 0 Å². The molecule has 3 aromatic heterocycles. The van der Waals surface area contributed by atoms with Crippen molar-refractivity contribution in [3.05, 3.63) is 45.7 Å². The van der Waals surface area contributed by atoms with Gasteiger partial charge in [-0.2, -0.15) is 0 Å². The van der Waals surface area contributed by atoms with Crippen LogP contribution in [0.5, 0.6) is 0 Å². The molecular weight excluding hydrogens is 318 g/mol. The van der Waals surface area contributed by atoms with Crippen LogP contribution in [0.3, 0.4) is 0 Å². The second-order valence-corrected chi connectivity index (χ2v) is 6.47. The van der Waals surface area contributed by atoms with Crippen molar-refractivity contribution in [2.75, 3.05) is 0 Å². The second kappa shape index (κ2) is 6.71. The average Bonchev–Trinajstić information content (AvgIpc) is 3.15. The Kier molecular flexibility index (Phi) is 4.50. The molecule has 0 aliphatic rings. The zero-order valence-corrected chi connectivity index (χ0v) is 13.4. The molecule has 0 aromatic carbocycles. The second-order valence-electron chi connectivity index (χ2n) is 4.55. The number of nitrogens with one attached hydrogen (secondary N) is 1. The number of thiazole rings is 2. The molecule has 1 amide bonds. The largest absolute Gasteiger partial charge is 0.350 e. The molecule has 0 atom stereocenters. The van der Waals surface area contributed by atoms with Gasteiger partial charge in [0.2, 0.25) is 5.91 Å². The number of carbonyl (C=O) groups excluding carboxylic acids is 1. The van der Waals surface area contributed by atoms with Gasteiger partial charge in [-0.1, -0.05) is 0 Å². The van der Waals surface area contributed by atoms with Crippen molar-refractivity contribution in [3.8, 4) is 10.7 Å². The van der Waals surface area contributed by atoms with E-state index < -0.39 is 0 Å². The number of carbonyl (C=O) groups is 1. The maximum Gasteiger partial charge on any atom is 0.226 e. The van der Waals surface area contributed by atoms with Crippen LogP contribution in [0.15, 0.2) is 29.4 Å². The minimum absolute atomic E-state index is 0.0562. The Morgan fingerprint density at radius 2 is 2.05 bits per heavy atom. The summed E-state index contributed by atoms with van der Waals surface area (Å²) in [5.74, 6) is -0.0562. The minimum Gasteiger partial charge on any atom is -0.350 e. The third-order valence-corrected chi connectivity index (χ3v) is 4.54. The number of aryl methyl sites for hydroxylation is 1. The molecule has 6 nitrogen and oxygen atoms in total. The van der Waals surface area contributed by atoms with Crippen molar-refractivity contribution >= 4 is 28.6 Å². The zero-order chi connectivity index (χ0) is 15.4. The van der Waals surface area contributed by atoms with E-state index in [1.165, 1.54) is 11.3 Å². The fourth-order valence-electron chi connectivity index (χ4n) is 1.82. The molecule has 0 saturated carbocycles. The van der Waals surface area contributed by atoms with Gasteiger partial charge in [-0.15, -0.1) is 22.7 Å². The quantitative estimate of drug-likeness (QED) is 0.775. The van der Waals surface area contributed by atoms with E-state index in [2.05, 4.69) is 25.3 Å². The molecule has 8 heteroatoms. The molecule has 3 heterocycles. The van der Waals surface area contributed by atoms with Crippen molar-refractivity contribution in [2.24, 2.45) is 0 Å². The topological polar surface area (TPSA) is 80.7 Å². The highest BCUT2D eigenvalue weighted by molar-refractivity contribution is 7.13. The lowest BCUT2D eigenvalue weighted by Gasteiger charge is -2.01. The fraction of sp³-hybridized carbons (Fsp3) is 0.214. The van der Waals surface area contributed by atoms with E-state index in [-0.39, 0.29) is 5.91 Å². The number of nitrogens with zero attached hydrogens (tertiary/aromatic N) is 4. The van der Waals surface area contributed by atoms with Crippen LogP contribution in [0.4, 0.5) is 0 Å². The molecule has 1 N–H and O–H groups in total. The summed E-state index contributed by atoms with van der Waals surface area (Å²) in [7, 11) is 0. The molecule has 0 aliphatic carbocycles. The predicted molar refractivity (Wildman–Crippen MR) is 85.5 cm³/mol. The van der Waals surface area contributed by atoms with Gasteiger partial charge in [0, 0.05) is 23.2 Å². The normalized spacial score (nSPS) is 10.6. The van der Waals surface area contributed by atoms with Gasteiger partial charge < -0.3 is 5.32 Å². The lowest BCUT2D eigenvalue weighted by molar-refractivity contribution is -0.120. The maximum atomic E-state index is 11.9. The van der Waals surface area contributed by atoms with Gasteiger partial charge in [0.1, 0.15) is 10.7 Å². The molecule has 3 aromatic rings. The Bertz CT molecular complexity index is 768. The van der Waals surface area contributed by atoms with Gasteiger partial charge in [0.25, 0.3) is 0 Å². The van der Waals surface area contributed by atoms with Gasteiger partial charge in [-0.05, 0) is 6.92 Å². The summed E-state index contributed by atoms with van der Waals surface area (Å²) in [6.07, 6.45) is 5.23. The highest BCUT2D eigenvalue weighted by Gasteiger charge is 2.09. The molecule has 0 aliphatic heterocycles. The monoisotopic (exact) mass is 331 g/mol. The van der Waals surface area contributed by atoms with Crippen LogP contribution < -0.4 is 5.32 Å². The van der Waals surface area contributed by atoms with E-state index in [0.717, 1.165) is 27.1 Å². The lowest BCUT2D eigenvalue weighted by atomic mass is 10.3. The third-order valence-electron chi connectivity index (χ3n) is 2.81. The summed E-state index contributed by atoms with van der Waals surface area (Å²) < 4.78 is 0. The van der Waals surface area contributed by atoms with Crippen LogP contribution in [0, 0.1) is 6.92 Å². The van der Waals surface area contributed by atoms with Crippen molar-refractivity contribution < 1.29 is 4.79 Å².